The molecule has 0 aliphatic heterocycles. The molecule has 1 aromatic carbocycles. The Morgan fingerprint density at radius 1 is 1.33 bits per heavy atom. The van der Waals surface area contributed by atoms with Gasteiger partial charge in [0.2, 0.25) is 0 Å². The van der Waals surface area contributed by atoms with Gasteiger partial charge in [-0.25, -0.2) is 0 Å². The van der Waals surface area contributed by atoms with Crippen LogP contribution < -0.4 is 10.6 Å². The second-order valence-corrected chi connectivity index (χ2v) is 4.23. The molecule has 0 aliphatic rings. The van der Waals surface area contributed by atoms with Gasteiger partial charge < -0.3 is 10.6 Å². The molecule has 1 atom stereocenters. The van der Waals surface area contributed by atoms with Gasteiger partial charge in [0.15, 0.2) is 0 Å². The zero-order valence-electron chi connectivity index (χ0n) is 10.0. The first-order valence-electron chi connectivity index (χ1n) is 5.68. The van der Waals surface area contributed by atoms with Crippen molar-refractivity contribution in [3.05, 3.63) is 29.8 Å². The standard InChI is InChI=1S/C13H22N2/c1-4-11(2)10-15(3)13-8-6-5-7-12(13)9-14/h5-8,11H,4,9-10,14H2,1-3H3. The van der Waals surface area contributed by atoms with Crippen molar-refractivity contribution in [3.63, 3.8) is 0 Å². The molecule has 0 saturated carbocycles. The summed E-state index contributed by atoms with van der Waals surface area (Å²) < 4.78 is 0. The van der Waals surface area contributed by atoms with Gasteiger partial charge in [-0.1, -0.05) is 38.5 Å². The Balaban J connectivity index is 2.76. The first-order valence-corrected chi connectivity index (χ1v) is 5.68. The van der Waals surface area contributed by atoms with Crippen LogP contribution >= 0.6 is 0 Å². The number of rotatable bonds is 5. The molecular weight excluding hydrogens is 184 g/mol. The van der Waals surface area contributed by atoms with E-state index in [9.17, 15) is 0 Å². The molecule has 0 heterocycles. The maximum absolute atomic E-state index is 5.73. The zero-order chi connectivity index (χ0) is 11.3. The highest BCUT2D eigenvalue weighted by atomic mass is 15.1. The Morgan fingerprint density at radius 2 is 2.00 bits per heavy atom. The molecular formula is C13H22N2. The van der Waals surface area contributed by atoms with Gasteiger partial charge in [-0.15, -0.1) is 0 Å². The Hall–Kier alpha value is -1.02. The number of nitrogens with zero attached hydrogens (tertiary/aromatic N) is 1. The summed E-state index contributed by atoms with van der Waals surface area (Å²) in [4.78, 5) is 2.30. The lowest BCUT2D eigenvalue weighted by Crippen LogP contribution is -2.25. The van der Waals surface area contributed by atoms with Gasteiger partial charge in [0, 0.05) is 25.8 Å². The van der Waals surface area contributed by atoms with Gasteiger partial charge in [0.25, 0.3) is 0 Å². The SMILES string of the molecule is CCC(C)CN(C)c1ccccc1CN. The van der Waals surface area contributed by atoms with Crippen molar-refractivity contribution < 1.29 is 0 Å². The van der Waals surface area contributed by atoms with Gasteiger partial charge in [0.05, 0.1) is 0 Å². The van der Waals surface area contributed by atoms with Crippen LogP contribution in [-0.4, -0.2) is 13.6 Å². The summed E-state index contributed by atoms with van der Waals surface area (Å²) >= 11 is 0. The van der Waals surface area contributed by atoms with Crippen LogP contribution in [0.25, 0.3) is 0 Å². The Bertz CT molecular complexity index is 296. The van der Waals surface area contributed by atoms with Crippen LogP contribution in [0.2, 0.25) is 0 Å². The number of benzene rings is 1. The highest BCUT2D eigenvalue weighted by molar-refractivity contribution is 5.52. The highest BCUT2D eigenvalue weighted by Gasteiger charge is 2.08. The lowest BCUT2D eigenvalue weighted by molar-refractivity contribution is 0.559. The molecule has 2 nitrogen and oxygen atoms in total. The fourth-order valence-electron chi connectivity index (χ4n) is 1.75. The molecule has 1 unspecified atom stereocenters. The molecule has 0 fully saturated rings. The van der Waals surface area contributed by atoms with Crippen molar-refractivity contribution in [2.24, 2.45) is 11.7 Å². The van der Waals surface area contributed by atoms with Crippen molar-refractivity contribution in [1.29, 1.82) is 0 Å². The van der Waals surface area contributed by atoms with E-state index in [1.807, 2.05) is 6.07 Å². The fraction of sp³-hybridized carbons (Fsp3) is 0.538. The number of anilines is 1. The van der Waals surface area contributed by atoms with Crippen LogP contribution in [0.4, 0.5) is 5.69 Å². The zero-order valence-corrected chi connectivity index (χ0v) is 10.0. The van der Waals surface area contributed by atoms with E-state index in [0.29, 0.717) is 6.54 Å². The quantitative estimate of drug-likeness (QED) is 0.802. The van der Waals surface area contributed by atoms with Gasteiger partial charge in [0.1, 0.15) is 0 Å². The average molecular weight is 206 g/mol. The molecule has 84 valence electrons. The van der Waals surface area contributed by atoms with E-state index in [1.54, 1.807) is 0 Å². The van der Waals surface area contributed by atoms with Gasteiger partial charge in [-0.05, 0) is 17.5 Å². The molecule has 2 N–H and O–H groups in total. The predicted octanol–water partition coefficient (Wildman–Crippen LogP) is 2.63. The van der Waals surface area contributed by atoms with Crippen LogP contribution in [-0.2, 0) is 6.54 Å². The van der Waals surface area contributed by atoms with Crippen LogP contribution in [0.1, 0.15) is 25.8 Å². The topological polar surface area (TPSA) is 29.3 Å². The Kier molecular flexibility index (Phi) is 4.63. The smallest absolute Gasteiger partial charge is 0.0409 e. The molecule has 0 radical (unpaired) electrons. The molecule has 0 bridgehead atoms. The third-order valence-corrected chi connectivity index (χ3v) is 2.91. The minimum Gasteiger partial charge on any atom is -0.374 e. The number of para-hydroxylation sites is 1. The number of hydrogen-bond donors (Lipinski definition) is 1. The molecule has 0 aromatic heterocycles. The van der Waals surface area contributed by atoms with Crippen molar-refractivity contribution in [3.8, 4) is 0 Å². The summed E-state index contributed by atoms with van der Waals surface area (Å²) in [5, 5.41) is 0. The van der Waals surface area contributed by atoms with Crippen LogP contribution in [0, 0.1) is 5.92 Å². The van der Waals surface area contributed by atoms with Crippen LogP contribution in [0.3, 0.4) is 0 Å². The number of nitrogens with two attached hydrogens (primary N) is 1. The summed E-state index contributed by atoms with van der Waals surface area (Å²) in [5.41, 5.74) is 8.21. The fourth-order valence-corrected chi connectivity index (χ4v) is 1.75. The normalized spacial score (nSPS) is 12.5. The molecule has 0 aliphatic carbocycles. The molecule has 0 saturated heterocycles. The Labute approximate surface area is 93.1 Å². The van der Waals surface area contributed by atoms with Gasteiger partial charge >= 0.3 is 0 Å². The third-order valence-electron chi connectivity index (χ3n) is 2.91. The molecule has 0 spiro atoms. The minimum absolute atomic E-state index is 0.612. The van der Waals surface area contributed by atoms with Gasteiger partial charge in [-0.3, -0.25) is 0 Å². The summed E-state index contributed by atoms with van der Waals surface area (Å²) in [5.74, 6) is 0.723. The van der Waals surface area contributed by atoms with Crippen molar-refractivity contribution in [1.82, 2.24) is 0 Å². The van der Waals surface area contributed by atoms with Crippen LogP contribution in [0.15, 0.2) is 24.3 Å². The second kappa shape index (κ2) is 5.76. The van der Waals surface area contributed by atoms with E-state index in [2.05, 4.69) is 44.0 Å². The van der Waals surface area contributed by atoms with E-state index in [0.717, 1.165) is 12.5 Å². The number of hydrogen-bond acceptors (Lipinski definition) is 2. The second-order valence-electron chi connectivity index (χ2n) is 4.23. The first-order chi connectivity index (χ1) is 7.19. The first kappa shape index (κ1) is 12.1. The van der Waals surface area contributed by atoms with Crippen LogP contribution in [0.5, 0.6) is 0 Å². The highest BCUT2D eigenvalue weighted by Crippen LogP contribution is 2.19. The molecule has 1 rings (SSSR count). The third kappa shape index (κ3) is 3.24. The molecule has 1 aromatic rings. The van der Waals surface area contributed by atoms with Crippen molar-refractivity contribution >= 4 is 5.69 Å². The van der Waals surface area contributed by atoms with E-state index < -0.39 is 0 Å². The predicted molar refractivity (Wildman–Crippen MR) is 67.1 cm³/mol. The van der Waals surface area contributed by atoms with E-state index >= 15 is 0 Å². The van der Waals surface area contributed by atoms with E-state index in [1.165, 1.54) is 17.7 Å². The maximum Gasteiger partial charge on any atom is 0.0409 e. The summed E-state index contributed by atoms with van der Waals surface area (Å²) in [7, 11) is 2.14. The largest absolute Gasteiger partial charge is 0.374 e. The maximum atomic E-state index is 5.73. The summed E-state index contributed by atoms with van der Waals surface area (Å²) in [6.07, 6.45) is 1.22. The molecule has 0 amide bonds. The summed E-state index contributed by atoms with van der Waals surface area (Å²) in [6, 6.07) is 8.36. The minimum atomic E-state index is 0.612. The molecule has 2 heteroatoms. The monoisotopic (exact) mass is 206 g/mol. The Morgan fingerprint density at radius 3 is 2.60 bits per heavy atom. The van der Waals surface area contributed by atoms with E-state index in [4.69, 9.17) is 5.73 Å². The average Bonchev–Trinajstić information content (AvgIpc) is 2.28. The summed E-state index contributed by atoms with van der Waals surface area (Å²) in [6.45, 7) is 6.21. The lowest BCUT2D eigenvalue weighted by Gasteiger charge is -2.25. The van der Waals surface area contributed by atoms with E-state index in [-0.39, 0.29) is 0 Å². The van der Waals surface area contributed by atoms with Crippen molar-refractivity contribution in [2.45, 2.75) is 26.8 Å². The molecule has 15 heavy (non-hydrogen) atoms. The van der Waals surface area contributed by atoms with Crippen molar-refractivity contribution in [2.75, 3.05) is 18.5 Å². The lowest BCUT2D eigenvalue weighted by atomic mass is 10.1. The van der Waals surface area contributed by atoms with Gasteiger partial charge in [-0.2, -0.15) is 0 Å².